The normalized spacial score (nSPS) is 17.3. The lowest BCUT2D eigenvalue weighted by Gasteiger charge is -2.43. The van der Waals surface area contributed by atoms with E-state index >= 15 is 0 Å². The summed E-state index contributed by atoms with van der Waals surface area (Å²) in [5, 5.41) is 0. The average molecular weight is 678 g/mol. The molecule has 2 amide bonds. The van der Waals surface area contributed by atoms with Gasteiger partial charge in [-0.05, 0) is 35.4 Å². The summed E-state index contributed by atoms with van der Waals surface area (Å²) in [7, 11) is 9.38. The minimum Gasteiger partial charge on any atom is -0.493 e. The zero-order valence-electron chi connectivity index (χ0n) is 29.2. The van der Waals surface area contributed by atoms with Crippen molar-refractivity contribution in [1.82, 2.24) is 14.7 Å². The Kier molecular flexibility index (Phi) is 14.0. The van der Waals surface area contributed by atoms with Crippen LogP contribution in [0, 0.1) is 0 Å². The number of morpholine rings is 1. The number of amides is 2. The van der Waals surface area contributed by atoms with Gasteiger partial charge < -0.3 is 43.0 Å². The summed E-state index contributed by atoms with van der Waals surface area (Å²) in [4.78, 5) is 32.6. The zero-order valence-corrected chi connectivity index (χ0v) is 29.2. The number of piperazine rings is 1. The van der Waals surface area contributed by atoms with Crippen LogP contribution in [-0.4, -0.2) is 128 Å². The molecular weight excluding hydrogens is 630 g/mol. The molecule has 0 spiro atoms. The van der Waals surface area contributed by atoms with Crippen molar-refractivity contribution < 1.29 is 42.7 Å². The summed E-state index contributed by atoms with van der Waals surface area (Å²) in [5.74, 6) is 2.99. The van der Waals surface area contributed by atoms with Crippen LogP contribution >= 0.6 is 0 Å². The molecule has 12 nitrogen and oxygen atoms in total. The van der Waals surface area contributed by atoms with Crippen LogP contribution < -0.4 is 28.4 Å². The fourth-order valence-electron chi connectivity index (χ4n) is 5.79. The third-order valence-electron chi connectivity index (χ3n) is 8.30. The van der Waals surface area contributed by atoms with Gasteiger partial charge in [-0.2, -0.15) is 0 Å². The predicted octanol–water partition coefficient (Wildman–Crippen LogP) is 3.95. The summed E-state index contributed by atoms with van der Waals surface area (Å²) in [6, 6.07) is 7.16. The lowest BCUT2D eigenvalue weighted by Crippen LogP contribution is -2.60. The largest absolute Gasteiger partial charge is 0.493 e. The number of benzene rings is 2. The molecule has 12 heteroatoms. The lowest BCUT2D eigenvalue weighted by atomic mass is 10.1. The molecule has 2 aliphatic rings. The highest BCUT2D eigenvalue weighted by Gasteiger charge is 2.32. The van der Waals surface area contributed by atoms with Crippen LogP contribution in [0.5, 0.6) is 34.5 Å². The van der Waals surface area contributed by atoms with E-state index in [0.29, 0.717) is 73.9 Å². The minimum absolute atomic E-state index is 0.108. The molecule has 2 fully saturated rings. The first-order valence-corrected chi connectivity index (χ1v) is 16.0. The Labute approximate surface area is 288 Å². The van der Waals surface area contributed by atoms with Crippen molar-refractivity contribution in [2.75, 3.05) is 95.1 Å². The SMILES string of the molecule is COc1cc(/C=C/C=C/C(=O)N2CCN(C(=O)/C=C/C=C/c3cc(OC)c(OC)c(OC)c3)C(CN3CCOCC3)C2)cc(OC)c1OC. The maximum absolute atomic E-state index is 13.5. The first-order valence-electron chi connectivity index (χ1n) is 16.0. The van der Waals surface area contributed by atoms with Gasteiger partial charge in [0.2, 0.25) is 23.3 Å². The van der Waals surface area contributed by atoms with Crippen LogP contribution in [0.1, 0.15) is 11.1 Å². The number of carbonyl (C=O) groups is 2. The summed E-state index contributed by atoms with van der Waals surface area (Å²) in [6.07, 6.45) is 13.8. The maximum Gasteiger partial charge on any atom is 0.246 e. The predicted molar refractivity (Wildman–Crippen MR) is 188 cm³/mol. The van der Waals surface area contributed by atoms with Crippen molar-refractivity contribution in [1.29, 1.82) is 0 Å². The number of nitrogens with zero attached hydrogens (tertiary/aromatic N) is 3. The topological polar surface area (TPSA) is 108 Å². The number of methoxy groups -OCH3 is 6. The number of hydrogen-bond donors (Lipinski definition) is 0. The van der Waals surface area contributed by atoms with Gasteiger partial charge in [0, 0.05) is 51.4 Å². The minimum atomic E-state index is -0.171. The molecule has 1 unspecified atom stereocenters. The van der Waals surface area contributed by atoms with Crippen LogP contribution in [0.4, 0.5) is 0 Å². The van der Waals surface area contributed by atoms with Crippen LogP contribution in [-0.2, 0) is 14.3 Å². The Morgan fingerprint density at radius 1 is 0.653 bits per heavy atom. The average Bonchev–Trinajstić information content (AvgIpc) is 3.14. The van der Waals surface area contributed by atoms with Crippen molar-refractivity contribution in [3.63, 3.8) is 0 Å². The van der Waals surface area contributed by atoms with Crippen molar-refractivity contribution in [3.05, 3.63) is 71.8 Å². The molecule has 4 rings (SSSR count). The van der Waals surface area contributed by atoms with E-state index in [2.05, 4.69) is 4.90 Å². The highest BCUT2D eigenvalue weighted by atomic mass is 16.5. The van der Waals surface area contributed by atoms with Gasteiger partial charge in [-0.25, -0.2) is 0 Å². The molecule has 2 aromatic carbocycles. The van der Waals surface area contributed by atoms with Crippen molar-refractivity contribution in [2.45, 2.75) is 6.04 Å². The van der Waals surface area contributed by atoms with Gasteiger partial charge in [0.05, 0.1) is 61.9 Å². The van der Waals surface area contributed by atoms with Gasteiger partial charge in [-0.15, -0.1) is 0 Å². The molecule has 1 atom stereocenters. The van der Waals surface area contributed by atoms with E-state index in [1.165, 1.54) is 0 Å². The molecule has 2 aromatic rings. The lowest BCUT2D eigenvalue weighted by molar-refractivity contribution is -0.138. The van der Waals surface area contributed by atoms with E-state index in [-0.39, 0.29) is 17.9 Å². The van der Waals surface area contributed by atoms with Gasteiger partial charge >= 0.3 is 0 Å². The molecule has 0 aromatic heterocycles. The van der Waals surface area contributed by atoms with Crippen LogP contribution in [0.3, 0.4) is 0 Å². The molecule has 264 valence electrons. The molecular formula is C37H47N3O9. The smallest absolute Gasteiger partial charge is 0.246 e. The summed E-state index contributed by atoms with van der Waals surface area (Å²) < 4.78 is 38.0. The molecule has 0 saturated carbocycles. The van der Waals surface area contributed by atoms with E-state index < -0.39 is 0 Å². The summed E-state index contributed by atoms with van der Waals surface area (Å²) in [5.41, 5.74) is 1.66. The fraction of sp³-hybridized carbons (Fsp3) is 0.405. The quantitative estimate of drug-likeness (QED) is 0.216. The summed E-state index contributed by atoms with van der Waals surface area (Å²) >= 11 is 0. The first-order chi connectivity index (χ1) is 23.8. The standard InChI is InChI=1S/C37H47N3O9/c1-43-30-21-27(22-31(44-2)36(30)47-5)11-7-9-13-34(41)39-15-16-40(29(26-39)25-38-17-19-49-20-18-38)35(42)14-10-8-12-28-23-32(45-3)37(48-6)33(24-28)46-4/h7-14,21-24,29H,15-20,25-26H2,1-6H3/b11-7+,12-8+,13-9+,14-10+. The number of ether oxygens (including phenoxy) is 7. The molecule has 2 saturated heterocycles. The molecule has 49 heavy (non-hydrogen) atoms. The van der Waals surface area contributed by atoms with Gasteiger partial charge in [0.25, 0.3) is 0 Å². The van der Waals surface area contributed by atoms with E-state index in [0.717, 1.165) is 24.2 Å². The molecule has 0 radical (unpaired) electrons. The van der Waals surface area contributed by atoms with Crippen LogP contribution in [0.25, 0.3) is 12.2 Å². The Balaban J connectivity index is 1.42. The van der Waals surface area contributed by atoms with Crippen molar-refractivity contribution >= 4 is 24.0 Å². The van der Waals surface area contributed by atoms with E-state index in [1.807, 2.05) is 41.3 Å². The Morgan fingerprint density at radius 2 is 1.12 bits per heavy atom. The number of rotatable bonds is 14. The summed E-state index contributed by atoms with van der Waals surface area (Å²) in [6.45, 7) is 4.80. The highest BCUT2D eigenvalue weighted by Crippen LogP contribution is 2.39. The van der Waals surface area contributed by atoms with Crippen LogP contribution in [0.2, 0.25) is 0 Å². The monoisotopic (exact) mass is 677 g/mol. The second kappa shape index (κ2) is 18.6. The highest BCUT2D eigenvalue weighted by molar-refractivity contribution is 5.90. The van der Waals surface area contributed by atoms with Crippen LogP contribution in [0.15, 0.2) is 60.7 Å². The van der Waals surface area contributed by atoms with Gasteiger partial charge in [-0.3, -0.25) is 14.5 Å². The first kappa shape index (κ1) is 36.9. The van der Waals surface area contributed by atoms with Crippen molar-refractivity contribution in [3.8, 4) is 34.5 Å². The van der Waals surface area contributed by atoms with Gasteiger partial charge in [0.15, 0.2) is 23.0 Å². The molecule has 0 N–H and O–H groups in total. The Hall–Kier alpha value is -4.94. The van der Waals surface area contributed by atoms with E-state index in [1.54, 1.807) is 84.0 Å². The number of allylic oxidation sites excluding steroid dienone is 4. The third-order valence-corrected chi connectivity index (χ3v) is 8.30. The third kappa shape index (κ3) is 9.80. The molecule has 0 aliphatic carbocycles. The Bertz CT molecular complexity index is 1500. The Morgan fingerprint density at radius 3 is 1.57 bits per heavy atom. The second-order valence-electron chi connectivity index (χ2n) is 11.2. The van der Waals surface area contributed by atoms with E-state index in [4.69, 9.17) is 33.2 Å². The fourth-order valence-corrected chi connectivity index (χ4v) is 5.79. The number of hydrogen-bond acceptors (Lipinski definition) is 10. The maximum atomic E-state index is 13.5. The molecule has 0 bridgehead atoms. The van der Waals surface area contributed by atoms with Gasteiger partial charge in [0.1, 0.15) is 0 Å². The molecule has 2 aliphatic heterocycles. The second-order valence-corrected chi connectivity index (χ2v) is 11.2. The van der Waals surface area contributed by atoms with Crippen molar-refractivity contribution in [2.24, 2.45) is 0 Å². The van der Waals surface area contributed by atoms with E-state index in [9.17, 15) is 9.59 Å². The molecule has 2 heterocycles. The number of carbonyl (C=O) groups excluding carboxylic acids is 2. The zero-order chi connectivity index (χ0) is 35.2. The van der Waals surface area contributed by atoms with Gasteiger partial charge in [-0.1, -0.05) is 36.5 Å².